The van der Waals surface area contributed by atoms with Crippen molar-refractivity contribution in [1.82, 2.24) is 24.6 Å². The van der Waals surface area contributed by atoms with Crippen LogP contribution in [0.4, 0.5) is 5.82 Å². The summed E-state index contributed by atoms with van der Waals surface area (Å²) in [6.07, 6.45) is 8.03. The number of aromatic nitrogens is 4. The van der Waals surface area contributed by atoms with Gasteiger partial charge in [-0.15, -0.1) is 0 Å². The van der Waals surface area contributed by atoms with Crippen LogP contribution in [-0.2, 0) is 16.1 Å². The predicted molar refractivity (Wildman–Crippen MR) is 93.1 cm³/mol. The second kappa shape index (κ2) is 8.06. The number of ether oxygens (including phenoxy) is 1. The largest absolute Gasteiger partial charge is 0.368 e. The molecule has 0 radical (unpaired) electrons. The van der Waals surface area contributed by atoms with Gasteiger partial charge in [-0.1, -0.05) is 0 Å². The molecule has 1 atom stereocenters. The molecule has 8 heteroatoms. The van der Waals surface area contributed by atoms with Crippen LogP contribution in [0, 0.1) is 0 Å². The summed E-state index contributed by atoms with van der Waals surface area (Å²) in [6.45, 7) is 2.40. The lowest BCUT2D eigenvalue weighted by Crippen LogP contribution is -2.42. The van der Waals surface area contributed by atoms with Crippen LogP contribution in [0.1, 0.15) is 24.6 Å². The molecule has 1 fully saturated rings. The Balaban J connectivity index is 1.58. The second-order valence-electron chi connectivity index (χ2n) is 6.23. The molecule has 134 valence electrons. The van der Waals surface area contributed by atoms with E-state index >= 15 is 0 Å². The van der Waals surface area contributed by atoms with Crippen LogP contribution < -0.4 is 4.90 Å². The van der Waals surface area contributed by atoms with Crippen molar-refractivity contribution in [3.8, 4) is 0 Å². The lowest BCUT2D eigenvalue weighted by Gasteiger charge is -2.33. The Morgan fingerprint density at radius 2 is 2.16 bits per heavy atom. The molecule has 1 aliphatic heterocycles. The van der Waals surface area contributed by atoms with Gasteiger partial charge in [0.05, 0.1) is 13.2 Å². The van der Waals surface area contributed by atoms with Gasteiger partial charge in [-0.3, -0.25) is 14.5 Å². The summed E-state index contributed by atoms with van der Waals surface area (Å²) in [5.41, 5.74) is 0.779. The second-order valence-corrected chi connectivity index (χ2v) is 6.23. The van der Waals surface area contributed by atoms with Crippen LogP contribution in [0.25, 0.3) is 0 Å². The van der Waals surface area contributed by atoms with E-state index < -0.39 is 0 Å². The first kappa shape index (κ1) is 17.3. The van der Waals surface area contributed by atoms with Gasteiger partial charge in [0, 0.05) is 58.4 Å². The standard InChI is InChI=1S/C17H24N6O2/c1-21(2)17-16(18-7-8-19-17)14-13-22(11-12-25-14)15(24)5-3-9-23-10-4-6-20-23/h4,6-8,10,14H,3,5,9,11-13H2,1-2H3. The molecule has 1 aliphatic rings. The number of amides is 1. The van der Waals surface area contributed by atoms with Crippen LogP contribution in [0.2, 0.25) is 0 Å². The van der Waals surface area contributed by atoms with E-state index in [1.165, 1.54) is 0 Å². The number of rotatable bonds is 6. The van der Waals surface area contributed by atoms with Crippen molar-refractivity contribution in [2.45, 2.75) is 25.5 Å². The van der Waals surface area contributed by atoms with E-state index in [0.717, 1.165) is 24.5 Å². The topological polar surface area (TPSA) is 76.4 Å². The van der Waals surface area contributed by atoms with Crippen molar-refractivity contribution in [2.75, 3.05) is 38.7 Å². The Morgan fingerprint density at radius 1 is 1.32 bits per heavy atom. The molecule has 2 aromatic rings. The highest BCUT2D eigenvalue weighted by Crippen LogP contribution is 2.26. The van der Waals surface area contributed by atoms with Gasteiger partial charge >= 0.3 is 0 Å². The minimum Gasteiger partial charge on any atom is -0.368 e. The van der Waals surface area contributed by atoms with Gasteiger partial charge in [-0.25, -0.2) is 4.98 Å². The molecule has 0 spiro atoms. The zero-order chi connectivity index (χ0) is 17.6. The van der Waals surface area contributed by atoms with Gasteiger partial charge in [-0.05, 0) is 12.5 Å². The number of hydrogen-bond acceptors (Lipinski definition) is 6. The van der Waals surface area contributed by atoms with Crippen LogP contribution in [-0.4, -0.2) is 64.3 Å². The van der Waals surface area contributed by atoms with Crippen molar-refractivity contribution in [2.24, 2.45) is 0 Å². The highest BCUT2D eigenvalue weighted by atomic mass is 16.5. The molecule has 3 heterocycles. The fraction of sp³-hybridized carbons (Fsp3) is 0.529. The minimum atomic E-state index is -0.241. The number of aryl methyl sites for hydroxylation is 1. The molecule has 0 aliphatic carbocycles. The maximum Gasteiger partial charge on any atom is 0.222 e. The first-order valence-corrected chi connectivity index (χ1v) is 8.50. The van der Waals surface area contributed by atoms with Crippen molar-refractivity contribution >= 4 is 11.7 Å². The van der Waals surface area contributed by atoms with E-state index in [2.05, 4.69) is 15.1 Å². The fourth-order valence-electron chi connectivity index (χ4n) is 2.94. The zero-order valence-corrected chi connectivity index (χ0v) is 14.7. The molecule has 1 saturated heterocycles. The third kappa shape index (κ3) is 4.33. The lowest BCUT2D eigenvalue weighted by atomic mass is 10.1. The Hall–Kier alpha value is -2.48. The third-order valence-electron chi connectivity index (χ3n) is 4.19. The molecular weight excluding hydrogens is 320 g/mol. The number of carbonyl (C=O) groups excluding carboxylic acids is 1. The van der Waals surface area contributed by atoms with Crippen molar-refractivity contribution in [3.63, 3.8) is 0 Å². The van der Waals surface area contributed by atoms with E-state index in [4.69, 9.17) is 4.74 Å². The summed E-state index contributed by atoms with van der Waals surface area (Å²) in [6, 6.07) is 1.89. The molecule has 8 nitrogen and oxygen atoms in total. The molecule has 1 amide bonds. The number of anilines is 1. The Kier molecular flexibility index (Phi) is 5.60. The van der Waals surface area contributed by atoms with Gasteiger partial charge in [0.2, 0.25) is 5.91 Å². The van der Waals surface area contributed by atoms with E-state index in [1.54, 1.807) is 18.6 Å². The van der Waals surface area contributed by atoms with Crippen LogP contribution in [0.3, 0.4) is 0 Å². The molecule has 25 heavy (non-hydrogen) atoms. The molecule has 2 aromatic heterocycles. The van der Waals surface area contributed by atoms with Gasteiger partial charge in [0.25, 0.3) is 0 Å². The predicted octanol–water partition coefficient (Wildman–Crippen LogP) is 1.12. The SMILES string of the molecule is CN(C)c1nccnc1C1CN(C(=O)CCCn2cccn2)CCO1. The third-order valence-corrected chi connectivity index (χ3v) is 4.19. The maximum atomic E-state index is 12.5. The summed E-state index contributed by atoms with van der Waals surface area (Å²) in [7, 11) is 3.85. The van der Waals surface area contributed by atoms with Gasteiger partial charge in [0.15, 0.2) is 5.82 Å². The highest BCUT2D eigenvalue weighted by Gasteiger charge is 2.28. The van der Waals surface area contributed by atoms with E-state index in [9.17, 15) is 4.79 Å². The summed E-state index contributed by atoms with van der Waals surface area (Å²) >= 11 is 0. The van der Waals surface area contributed by atoms with Crippen LogP contribution >= 0.6 is 0 Å². The Morgan fingerprint density at radius 3 is 2.92 bits per heavy atom. The van der Waals surface area contributed by atoms with Crippen molar-refractivity contribution in [3.05, 3.63) is 36.5 Å². The fourth-order valence-corrected chi connectivity index (χ4v) is 2.94. The monoisotopic (exact) mass is 344 g/mol. The van der Waals surface area contributed by atoms with E-state index in [0.29, 0.717) is 26.1 Å². The van der Waals surface area contributed by atoms with Gasteiger partial charge in [0.1, 0.15) is 11.8 Å². The van der Waals surface area contributed by atoms with Gasteiger partial charge in [-0.2, -0.15) is 5.10 Å². The summed E-state index contributed by atoms with van der Waals surface area (Å²) in [4.78, 5) is 25.1. The molecular formula is C17H24N6O2. The molecule has 0 bridgehead atoms. The first-order valence-electron chi connectivity index (χ1n) is 8.50. The number of carbonyl (C=O) groups is 1. The summed E-state index contributed by atoms with van der Waals surface area (Å²) in [5, 5.41) is 4.16. The molecule has 1 unspecified atom stereocenters. The van der Waals surface area contributed by atoms with E-state index in [1.807, 2.05) is 40.8 Å². The minimum absolute atomic E-state index is 0.149. The number of nitrogens with zero attached hydrogens (tertiary/aromatic N) is 6. The number of morpholine rings is 1. The Labute approximate surface area is 147 Å². The number of hydrogen-bond donors (Lipinski definition) is 0. The van der Waals surface area contributed by atoms with E-state index in [-0.39, 0.29) is 12.0 Å². The quantitative estimate of drug-likeness (QED) is 0.782. The molecule has 0 saturated carbocycles. The van der Waals surface area contributed by atoms with Crippen LogP contribution in [0.15, 0.2) is 30.9 Å². The van der Waals surface area contributed by atoms with Crippen molar-refractivity contribution in [1.29, 1.82) is 0 Å². The smallest absolute Gasteiger partial charge is 0.222 e. The lowest BCUT2D eigenvalue weighted by molar-refractivity contribution is -0.139. The van der Waals surface area contributed by atoms with Gasteiger partial charge < -0.3 is 14.5 Å². The molecule has 0 aromatic carbocycles. The summed E-state index contributed by atoms with van der Waals surface area (Å²) < 4.78 is 7.71. The first-order chi connectivity index (χ1) is 12.1. The molecule has 0 N–H and O–H groups in total. The highest BCUT2D eigenvalue weighted by molar-refractivity contribution is 5.76. The zero-order valence-electron chi connectivity index (χ0n) is 14.7. The van der Waals surface area contributed by atoms with Crippen LogP contribution in [0.5, 0.6) is 0 Å². The molecule has 3 rings (SSSR count). The average Bonchev–Trinajstić information content (AvgIpc) is 3.15. The normalized spacial score (nSPS) is 17.5. The average molecular weight is 344 g/mol. The maximum absolute atomic E-state index is 12.5. The van der Waals surface area contributed by atoms with Crippen molar-refractivity contribution < 1.29 is 9.53 Å². The Bertz CT molecular complexity index is 688. The summed E-state index contributed by atoms with van der Waals surface area (Å²) in [5.74, 6) is 0.927.